The van der Waals surface area contributed by atoms with E-state index in [0.29, 0.717) is 11.6 Å². The van der Waals surface area contributed by atoms with Gasteiger partial charge in [0.2, 0.25) is 0 Å². The highest BCUT2D eigenvalue weighted by Gasteiger charge is 2.12. The van der Waals surface area contributed by atoms with Gasteiger partial charge >= 0.3 is 0 Å². The van der Waals surface area contributed by atoms with Crippen molar-refractivity contribution in [3.63, 3.8) is 0 Å². The summed E-state index contributed by atoms with van der Waals surface area (Å²) in [5, 5.41) is 4.35. The zero-order valence-corrected chi connectivity index (χ0v) is 11.1. The molecule has 0 aromatic carbocycles. The van der Waals surface area contributed by atoms with E-state index >= 15 is 0 Å². The van der Waals surface area contributed by atoms with Gasteiger partial charge in [-0.2, -0.15) is 0 Å². The van der Waals surface area contributed by atoms with Crippen LogP contribution in [0.25, 0.3) is 0 Å². The van der Waals surface area contributed by atoms with Crippen molar-refractivity contribution in [1.29, 1.82) is 0 Å². The fourth-order valence-electron chi connectivity index (χ4n) is 1.92. The predicted molar refractivity (Wildman–Crippen MR) is 69.7 cm³/mol. The van der Waals surface area contributed by atoms with Crippen molar-refractivity contribution in [3.05, 3.63) is 6.20 Å². The number of hydrogen-bond acceptors (Lipinski definition) is 5. The highest BCUT2D eigenvalue weighted by Crippen LogP contribution is 2.19. The molecule has 0 amide bonds. The third-order valence-corrected chi connectivity index (χ3v) is 2.85. The van der Waals surface area contributed by atoms with Crippen molar-refractivity contribution in [2.24, 2.45) is 0 Å². The third-order valence-electron chi connectivity index (χ3n) is 2.85. The topological polar surface area (TPSA) is 65.5 Å². The van der Waals surface area contributed by atoms with E-state index in [1.165, 1.54) is 0 Å². The first-order valence-corrected chi connectivity index (χ1v) is 6.45. The molecule has 2 heterocycles. The van der Waals surface area contributed by atoms with Crippen LogP contribution in [0, 0.1) is 0 Å². The first-order valence-electron chi connectivity index (χ1n) is 6.45. The van der Waals surface area contributed by atoms with E-state index in [2.05, 4.69) is 10.00 Å². The normalized spacial score (nSPS) is 17.3. The minimum atomic E-state index is 0.0925. The van der Waals surface area contributed by atoms with Crippen LogP contribution in [0.3, 0.4) is 0 Å². The maximum atomic E-state index is 5.86. The minimum Gasteiger partial charge on any atom is -0.472 e. The lowest BCUT2D eigenvalue weighted by Crippen LogP contribution is -2.38. The number of hydrogen-bond donors (Lipinski definition) is 1. The predicted octanol–water partition coefficient (Wildman–Crippen LogP) is 0.585. The van der Waals surface area contributed by atoms with Crippen LogP contribution in [0.1, 0.15) is 13.8 Å². The summed E-state index contributed by atoms with van der Waals surface area (Å²) in [5.74, 6) is 0.534. The molecule has 1 aromatic rings. The summed E-state index contributed by atoms with van der Waals surface area (Å²) < 4.78 is 12.7. The van der Waals surface area contributed by atoms with Gasteiger partial charge < -0.3 is 15.2 Å². The van der Waals surface area contributed by atoms with E-state index in [1.807, 2.05) is 24.7 Å². The highest BCUT2D eigenvalue weighted by atomic mass is 16.5. The van der Waals surface area contributed by atoms with Crippen LogP contribution in [0.5, 0.6) is 5.88 Å². The Balaban J connectivity index is 1.85. The van der Waals surface area contributed by atoms with E-state index < -0.39 is 0 Å². The van der Waals surface area contributed by atoms with E-state index in [1.54, 1.807) is 0 Å². The van der Waals surface area contributed by atoms with Crippen molar-refractivity contribution in [2.75, 3.05) is 38.6 Å². The second kappa shape index (κ2) is 6.06. The lowest BCUT2D eigenvalue weighted by molar-refractivity contribution is 0.0359. The number of anilines is 1. The number of morpholine rings is 1. The maximum Gasteiger partial charge on any atom is 0.256 e. The molecule has 102 valence electrons. The number of rotatable bonds is 5. The van der Waals surface area contributed by atoms with Crippen LogP contribution in [0.4, 0.5) is 5.69 Å². The van der Waals surface area contributed by atoms with E-state index in [-0.39, 0.29) is 6.10 Å². The van der Waals surface area contributed by atoms with E-state index in [9.17, 15) is 0 Å². The number of nitrogens with zero attached hydrogens (tertiary/aromatic N) is 3. The van der Waals surface area contributed by atoms with Crippen LogP contribution in [-0.4, -0.2) is 53.6 Å². The zero-order chi connectivity index (χ0) is 13.0. The monoisotopic (exact) mass is 254 g/mol. The summed E-state index contributed by atoms with van der Waals surface area (Å²) in [5.41, 5.74) is 6.46. The molecular weight excluding hydrogens is 232 g/mol. The summed E-state index contributed by atoms with van der Waals surface area (Å²) in [6.45, 7) is 9.35. The van der Waals surface area contributed by atoms with Crippen LogP contribution in [0.2, 0.25) is 0 Å². The molecule has 6 nitrogen and oxygen atoms in total. The molecule has 0 radical (unpaired) electrons. The molecule has 2 rings (SSSR count). The molecule has 1 fully saturated rings. The number of aromatic nitrogens is 2. The van der Waals surface area contributed by atoms with Crippen LogP contribution in [-0.2, 0) is 11.3 Å². The smallest absolute Gasteiger partial charge is 0.256 e. The summed E-state index contributed by atoms with van der Waals surface area (Å²) in [6, 6.07) is 0. The van der Waals surface area contributed by atoms with Gasteiger partial charge in [0, 0.05) is 19.6 Å². The minimum absolute atomic E-state index is 0.0925. The van der Waals surface area contributed by atoms with Crippen molar-refractivity contribution >= 4 is 5.69 Å². The highest BCUT2D eigenvalue weighted by molar-refractivity contribution is 5.45. The Morgan fingerprint density at radius 1 is 1.39 bits per heavy atom. The molecule has 18 heavy (non-hydrogen) atoms. The lowest BCUT2D eigenvalue weighted by atomic mass is 10.4. The first kappa shape index (κ1) is 13.2. The molecule has 0 bridgehead atoms. The molecule has 0 saturated carbocycles. The molecule has 0 aliphatic carbocycles. The van der Waals surface area contributed by atoms with Crippen molar-refractivity contribution in [1.82, 2.24) is 14.7 Å². The molecule has 0 atom stereocenters. The van der Waals surface area contributed by atoms with Crippen LogP contribution < -0.4 is 10.5 Å². The van der Waals surface area contributed by atoms with Gasteiger partial charge in [0.05, 0.1) is 32.1 Å². The SMILES string of the molecule is CC(C)Oc1nn(CCN2CCOCC2)cc1N. The molecule has 1 aliphatic heterocycles. The van der Waals surface area contributed by atoms with Crippen molar-refractivity contribution in [2.45, 2.75) is 26.5 Å². The van der Waals surface area contributed by atoms with Gasteiger partial charge in [0.15, 0.2) is 0 Å². The Labute approximate surface area is 108 Å². The molecule has 1 aromatic heterocycles. The van der Waals surface area contributed by atoms with Crippen LogP contribution >= 0.6 is 0 Å². The molecule has 1 aliphatic rings. The van der Waals surface area contributed by atoms with Gasteiger partial charge in [0.1, 0.15) is 5.69 Å². The molecule has 0 spiro atoms. The Morgan fingerprint density at radius 3 is 2.78 bits per heavy atom. The molecule has 1 saturated heterocycles. The Hall–Kier alpha value is -1.27. The third kappa shape index (κ3) is 3.61. The number of nitrogens with two attached hydrogens (primary N) is 1. The van der Waals surface area contributed by atoms with Gasteiger partial charge in [-0.1, -0.05) is 0 Å². The zero-order valence-electron chi connectivity index (χ0n) is 11.1. The standard InChI is InChI=1S/C12H22N4O2/c1-10(2)18-12-11(13)9-16(14-12)4-3-15-5-7-17-8-6-15/h9-10H,3-8,13H2,1-2H3. The average Bonchev–Trinajstić information content (AvgIpc) is 2.68. The van der Waals surface area contributed by atoms with Gasteiger partial charge in [-0.25, -0.2) is 0 Å². The summed E-state index contributed by atoms with van der Waals surface area (Å²) in [6.07, 6.45) is 1.92. The number of ether oxygens (including phenoxy) is 2. The van der Waals surface area contributed by atoms with Gasteiger partial charge in [-0.05, 0) is 13.8 Å². The molecule has 6 heteroatoms. The largest absolute Gasteiger partial charge is 0.472 e. The second-order valence-electron chi connectivity index (χ2n) is 4.77. The summed E-state index contributed by atoms with van der Waals surface area (Å²) >= 11 is 0. The van der Waals surface area contributed by atoms with Crippen LogP contribution in [0.15, 0.2) is 6.20 Å². The van der Waals surface area contributed by atoms with E-state index in [0.717, 1.165) is 39.4 Å². The van der Waals surface area contributed by atoms with Crippen molar-refractivity contribution in [3.8, 4) is 5.88 Å². The van der Waals surface area contributed by atoms with Gasteiger partial charge in [0.25, 0.3) is 5.88 Å². The molecular formula is C12H22N4O2. The second-order valence-corrected chi connectivity index (χ2v) is 4.77. The van der Waals surface area contributed by atoms with E-state index in [4.69, 9.17) is 15.2 Å². The van der Waals surface area contributed by atoms with Gasteiger partial charge in [-0.3, -0.25) is 9.58 Å². The van der Waals surface area contributed by atoms with Crippen molar-refractivity contribution < 1.29 is 9.47 Å². The Bertz CT molecular complexity index is 372. The fourth-order valence-corrected chi connectivity index (χ4v) is 1.92. The lowest BCUT2D eigenvalue weighted by Gasteiger charge is -2.26. The fraction of sp³-hybridized carbons (Fsp3) is 0.750. The molecule has 2 N–H and O–H groups in total. The molecule has 0 unspecified atom stereocenters. The first-order chi connectivity index (χ1) is 8.65. The quantitative estimate of drug-likeness (QED) is 0.833. The summed E-state index contributed by atoms with van der Waals surface area (Å²) in [7, 11) is 0. The Morgan fingerprint density at radius 2 is 2.11 bits per heavy atom. The Kier molecular flexibility index (Phi) is 4.43. The summed E-state index contributed by atoms with van der Waals surface area (Å²) in [4.78, 5) is 2.37. The average molecular weight is 254 g/mol. The van der Waals surface area contributed by atoms with Gasteiger partial charge in [-0.15, -0.1) is 5.10 Å². The maximum absolute atomic E-state index is 5.86. The number of nitrogen functional groups attached to an aromatic ring is 1.